The molecule has 0 unspecified atom stereocenters. The van der Waals surface area contributed by atoms with Gasteiger partial charge in [0, 0.05) is 21.9 Å². The summed E-state index contributed by atoms with van der Waals surface area (Å²) < 4.78 is 0. The summed E-state index contributed by atoms with van der Waals surface area (Å²) in [6.07, 6.45) is 0.990. The summed E-state index contributed by atoms with van der Waals surface area (Å²) in [5.41, 5.74) is 3.23. The maximum atomic E-state index is 13.4. The highest BCUT2D eigenvalue weighted by Crippen LogP contribution is 2.43. The van der Waals surface area contributed by atoms with E-state index in [9.17, 15) is 10.1 Å². The number of halogens is 1. The fourth-order valence-electron chi connectivity index (χ4n) is 3.30. The molecular weight excluding hydrogens is 388 g/mol. The third-order valence-corrected chi connectivity index (χ3v) is 6.16. The Labute approximate surface area is 175 Å². The first-order chi connectivity index (χ1) is 13.6. The molecule has 2 aromatic rings. The third-order valence-electron chi connectivity index (χ3n) is 4.59. The lowest BCUT2D eigenvalue weighted by molar-refractivity contribution is 0.102. The number of nitriles is 1. The van der Waals surface area contributed by atoms with Gasteiger partial charge in [0.05, 0.1) is 22.6 Å². The highest BCUT2D eigenvalue weighted by molar-refractivity contribution is 8.03. The summed E-state index contributed by atoms with van der Waals surface area (Å²) in [4.78, 5) is 13.4. The van der Waals surface area contributed by atoms with Crippen molar-refractivity contribution >= 4 is 29.1 Å². The molecule has 2 aromatic carbocycles. The Morgan fingerprint density at radius 2 is 1.86 bits per heavy atom. The molecule has 0 radical (unpaired) electrons. The van der Waals surface area contributed by atoms with Gasteiger partial charge in [-0.1, -0.05) is 67.1 Å². The normalized spacial score (nSPS) is 16.6. The van der Waals surface area contributed by atoms with Gasteiger partial charge in [-0.2, -0.15) is 5.26 Å². The molecule has 1 heterocycles. The van der Waals surface area contributed by atoms with Crippen molar-refractivity contribution in [1.29, 1.82) is 5.26 Å². The van der Waals surface area contributed by atoms with E-state index in [-0.39, 0.29) is 5.78 Å². The molecule has 1 atom stereocenters. The number of carbonyl (C=O) groups excluding carboxylic acids is 1. The number of rotatable bonds is 6. The second-order valence-corrected chi connectivity index (χ2v) is 8.03. The average molecular weight is 409 g/mol. The number of hydrogen-bond acceptors (Lipinski definition) is 4. The summed E-state index contributed by atoms with van der Waals surface area (Å²) in [6, 6.07) is 18.9. The van der Waals surface area contributed by atoms with E-state index in [0.717, 1.165) is 28.5 Å². The van der Waals surface area contributed by atoms with E-state index in [1.165, 1.54) is 0 Å². The van der Waals surface area contributed by atoms with Gasteiger partial charge in [-0.25, -0.2) is 0 Å². The minimum Gasteiger partial charge on any atom is -0.353 e. The Morgan fingerprint density at radius 1 is 1.18 bits per heavy atom. The van der Waals surface area contributed by atoms with Crippen LogP contribution in [0.25, 0.3) is 0 Å². The van der Waals surface area contributed by atoms with E-state index in [1.54, 1.807) is 30.0 Å². The Kier molecular flexibility index (Phi) is 6.61. The standard InChI is InChI=1S/C23H21ClN2OS/c1-3-13-28-23-18(14-25)21(17-11-7-8-12-19(17)24)20(15(2)26-23)22(27)16-9-5-4-6-10-16/h4-12,21,26H,3,13H2,1-2H3/t21-/m0/s1. The highest BCUT2D eigenvalue weighted by atomic mass is 35.5. The molecule has 0 fully saturated rings. The van der Waals surface area contributed by atoms with Gasteiger partial charge < -0.3 is 5.32 Å². The molecule has 3 nitrogen and oxygen atoms in total. The van der Waals surface area contributed by atoms with Gasteiger partial charge in [0.1, 0.15) is 0 Å². The van der Waals surface area contributed by atoms with Crippen LogP contribution in [0, 0.1) is 11.3 Å². The number of nitrogens with one attached hydrogen (secondary N) is 1. The van der Waals surface area contributed by atoms with Crippen molar-refractivity contribution in [2.45, 2.75) is 26.2 Å². The van der Waals surface area contributed by atoms with Gasteiger partial charge in [-0.3, -0.25) is 4.79 Å². The summed E-state index contributed by atoms with van der Waals surface area (Å²) in [5.74, 6) is 0.299. The fourth-order valence-corrected chi connectivity index (χ4v) is 4.49. The molecule has 0 amide bonds. The van der Waals surface area contributed by atoms with Crippen LogP contribution in [0.1, 0.15) is 42.1 Å². The second-order valence-electron chi connectivity index (χ2n) is 6.52. The summed E-state index contributed by atoms with van der Waals surface area (Å²) >= 11 is 8.11. The smallest absolute Gasteiger partial charge is 0.191 e. The number of ketones is 1. The zero-order valence-electron chi connectivity index (χ0n) is 15.8. The minimum atomic E-state index is -0.494. The van der Waals surface area contributed by atoms with Gasteiger partial charge in [0.25, 0.3) is 0 Å². The number of thioether (sulfide) groups is 1. The van der Waals surface area contributed by atoms with Crippen LogP contribution in [0.3, 0.4) is 0 Å². The van der Waals surface area contributed by atoms with E-state index in [4.69, 9.17) is 11.6 Å². The molecular formula is C23H21ClN2OS. The van der Waals surface area contributed by atoms with E-state index in [2.05, 4.69) is 18.3 Å². The molecule has 1 aliphatic heterocycles. The Morgan fingerprint density at radius 3 is 2.50 bits per heavy atom. The predicted octanol–water partition coefficient (Wildman–Crippen LogP) is 6.06. The topological polar surface area (TPSA) is 52.9 Å². The van der Waals surface area contributed by atoms with Crippen molar-refractivity contribution < 1.29 is 4.79 Å². The molecule has 28 heavy (non-hydrogen) atoms. The molecule has 3 rings (SSSR count). The van der Waals surface area contributed by atoms with E-state index < -0.39 is 5.92 Å². The number of hydrogen-bond donors (Lipinski definition) is 1. The van der Waals surface area contributed by atoms with E-state index >= 15 is 0 Å². The molecule has 1 aliphatic rings. The average Bonchev–Trinajstić information content (AvgIpc) is 2.72. The maximum Gasteiger partial charge on any atom is 0.191 e. The Bertz CT molecular complexity index is 989. The summed E-state index contributed by atoms with van der Waals surface area (Å²) in [6.45, 7) is 3.99. The van der Waals surface area contributed by atoms with E-state index in [0.29, 0.717) is 21.7 Å². The largest absolute Gasteiger partial charge is 0.353 e. The van der Waals surface area contributed by atoms with Crippen molar-refractivity contribution in [3.8, 4) is 6.07 Å². The van der Waals surface area contributed by atoms with Crippen LogP contribution in [0.2, 0.25) is 5.02 Å². The molecule has 142 valence electrons. The van der Waals surface area contributed by atoms with E-state index in [1.807, 2.05) is 43.3 Å². The van der Waals surface area contributed by atoms with Crippen molar-refractivity contribution in [2.24, 2.45) is 0 Å². The van der Waals surface area contributed by atoms with Crippen LogP contribution in [-0.2, 0) is 0 Å². The Balaban J connectivity index is 2.18. The van der Waals surface area contributed by atoms with Crippen molar-refractivity contribution in [1.82, 2.24) is 5.32 Å². The molecule has 0 aromatic heterocycles. The van der Waals surface area contributed by atoms with Gasteiger partial charge in [0.15, 0.2) is 5.78 Å². The lowest BCUT2D eigenvalue weighted by Crippen LogP contribution is -2.28. The first-order valence-corrected chi connectivity index (χ1v) is 10.5. The predicted molar refractivity (Wildman–Crippen MR) is 116 cm³/mol. The third kappa shape index (κ3) is 4.01. The number of benzene rings is 2. The lowest BCUT2D eigenvalue weighted by Gasteiger charge is -2.30. The number of Topliss-reactive ketones (excluding diaryl/α,β-unsaturated/α-hetero) is 1. The monoisotopic (exact) mass is 408 g/mol. The molecule has 0 aliphatic carbocycles. The minimum absolute atomic E-state index is 0.0946. The molecule has 0 bridgehead atoms. The van der Waals surface area contributed by atoms with Crippen LogP contribution in [0.15, 0.2) is 76.5 Å². The van der Waals surface area contributed by atoms with Crippen LogP contribution in [0.5, 0.6) is 0 Å². The number of carbonyl (C=O) groups is 1. The van der Waals surface area contributed by atoms with Crippen LogP contribution >= 0.6 is 23.4 Å². The van der Waals surface area contributed by atoms with Gasteiger partial charge in [-0.15, -0.1) is 11.8 Å². The quantitative estimate of drug-likeness (QED) is 0.590. The maximum absolute atomic E-state index is 13.4. The highest BCUT2D eigenvalue weighted by Gasteiger charge is 2.35. The summed E-state index contributed by atoms with van der Waals surface area (Å²) in [5, 5.41) is 14.7. The number of allylic oxidation sites excluding steroid dienone is 3. The van der Waals surface area contributed by atoms with Crippen LogP contribution in [-0.4, -0.2) is 11.5 Å². The number of dihydropyridines is 1. The lowest BCUT2D eigenvalue weighted by atomic mass is 9.79. The van der Waals surface area contributed by atoms with Crippen molar-refractivity contribution in [2.75, 3.05) is 5.75 Å². The van der Waals surface area contributed by atoms with Crippen LogP contribution in [0.4, 0.5) is 0 Å². The van der Waals surface area contributed by atoms with Gasteiger partial charge >= 0.3 is 0 Å². The zero-order chi connectivity index (χ0) is 20.1. The van der Waals surface area contributed by atoms with Crippen molar-refractivity contribution in [3.05, 3.63) is 92.6 Å². The molecule has 0 spiro atoms. The molecule has 5 heteroatoms. The zero-order valence-corrected chi connectivity index (χ0v) is 17.4. The first kappa shape index (κ1) is 20.3. The fraction of sp³-hybridized carbons (Fsp3) is 0.217. The Hall–Kier alpha value is -2.48. The number of nitrogens with zero attached hydrogens (tertiary/aromatic N) is 1. The molecule has 0 saturated heterocycles. The van der Waals surface area contributed by atoms with Gasteiger partial charge in [0.2, 0.25) is 0 Å². The second kappa shape index (κ2) is 9.14. The molecule has 1 N–H and O–H groups in total. The summed E-state index contributed by atoms with van der Waals surface area (Å²) in [7, 11) is 0. The first-order valence-electron chi connectivity index (χ1n) is 9.17. The SMILES string of the molecule is CCCSC1=C(C#N)[C@H](c2ccccc2Cl)C(C(=O)c2ccccc2)=C(C)N1. The molecule has 0 saturated carbocycles. The van der Waals surface area contributed by atoms with Gasteiger partial charge in [-0.05, 0) is 30.7 Å². The van der Waals surface area contributed by atoms with Crippen LogP contribution < -0.4 is 5.32 Å². The van der Waals surface area contributed by atoms with Crippen molar-refractivity contribution in [3.63, 3.8) is 0 Å².